The highest BCUT2D eigenvalue weighted by molar-refractivity contribution is 5.32. The number of aryl methyl sites for hydroxylation is 1. The molecule has 162 valence electrons. The first-order valence-corrected chi connectivity index (χ1v) is 11.3. The van der Waals surface area contributed by atoms with Gasteiger partial charge in [-0.05, 0) is 68.1 Å². The van der Waals surface area contributed by atoms with E-state index >= 15 is 0 Å². The zero-order valence-electron chi connectivity index (χ0n) is 18.7. The number of hydrogen-bond donors (Lipinski definition) is 0. The normalized spacial score (nSPS) is 15.7. The number of rotatable bonds is 7. The third-order valence-electron chi connectivity index (χ3n) is 6.76. The van der Waals surface area contributed by atoms with Crippen LogP contribution in [0.1, 0.15) is 40.8 Å². The van der Waals surface area contributed by atoms with Gasteiger partial charge in [-0.1, -0.05) is 36.4 Å². The molecule has 5 heteroatoms. The Morgan fingerprint density at radius 1 is 1.03 bits per heavy atom. The molecule has 0 unspecified atom stereocenters. The van der Waals surface area contributed by atoms with E-state index in [1.54, 1.807) is 0 Å². The number of imidazole rings is 1. The van der Waals surface area contributed by atoms with Crippen molar-refractivity contribution in [3.63, 3.8) is 0 Å². The highest BCUT2D eigenvalue weighted by Gasteiger charge is 2.35. The van der Waals surface area contributed by atoms with Crippen LogP contribution in [0.3, 0.4) is 0 Å². The van der Waals surface area contributed by atoms with Crippen LogP contribution >= 0.6 is 0 Å². The quantitative estimate of drug-likeness (QED) is 0.561. The molecule has 0 aliphatic carbocycles. The Morgan fingerprint density at radius 3 is 2.47 bits per heavy atom. The van der Waals surface area contributed by atoms with Gasteiger partial charge in [0.2, 0.25) is 0 Å². The standard InChI is InChI=1S/C27H29N5/c1-22-4-2-3-5-25(22)16-27(20-29)11-14-31(15-12-27)13-10-26-18-30-21-32(26)19-24-8-6-23(17-28)7-9-24/h2-9,18,21H,10-16,19H2,1H3. The van der Waals surface area contributed by atoms with Crippen molar-refractivity contribution in [1.82, 2.24) is 14.5 Å². The van der Waals surface area contributed by atoms with Gasteiger partial charge >= 0.3 is 0 Å². The van der Waals surface area contributed by atoms with Crippen molar-refractivity contribution in [1.29, 1.82) is 10.5 Å². The van der Waals surface area contributed by atoms with Crippen LogP contribution < -0.4 is 0 Å². The van der Waals surface area contributed by atoms with Gasteiger partial charge in [-0.25, -0.2) is 4.98 Å². The summed E-state index contributed by atoms with van der Waals surface area (Å²) in [5, 5.41) is 18.9. The van der Waals surface area contributed by atoms with Crippen molar-refractivity contribution in [2.24, 2.45) is 5.41 Å². The molecule has 1 saturated heterocycles. The molecule has 1 aliphatic heterocycles. The molecule has 0 saturated carbocycles. The first kappa shape index (κ1) is 21.8. The van der Waals surface area contributed by atoms with Crippen molar-refractivity contribution in [2.75, 3.05) is 19.6 Å². The maximum absolute atomic E-state index is 9.97. The van der Waals surface area contributed by atoms with Crippen molar-refractivity contribution in [3.8, 4) is 12.1 Å². The monoisotopic (exact) mass is 423 g/mol. The van der Waals surface area contributed by atoms with E-state index in [4.69, 9.17) is 5.26 Å². The minimum absolute atomic E-state index is 0.250. The molecule has 0 radical (unpaired) electrons. The molecule has 5 nitrogen and oxygen atoms in total. The first-order valence-electron chi connectivity index (χ1n) is 11.3. The van der Waals surface area contributed by atoms with Crippen LogP contribution in [0.4, 0.5) is 0 Å². The van der Waals surface area contributed by atoms with Gasteiger partial charge in [-0.3, -0.25) is 0 Å². The van der Waals surface area contributed by atoms with E-state index in [2.05, 4.69) is 57.8 Å². The number of piperidine rings is 1. The fourth-order valence-corrected chi connectivity index (χ4v) is 4.56. The molecule has 2 aromatic carbocycles. The smallest absolute Gasteiger partial charge is 0.0991 e. The highest BCUT2D eigenvalue weighted by Crippen LogP contribution is 2.35. The summed E-state index contributed by atoms with van der Waals surface area (Å²) in [5.74, 6) is 0. The van der Waals surface area contributed by atoms with Crippen LogP contribution in [0.25, 0.3) is 0 Å². The minimum Gasteiger partial charge on any atom is -0.330 e. The van der Waals surface area contributed by atoms with Crippen LogP contribution in [0, 0.1) is 35.0 Å². The van der Waals surface area contributed by atoms with Crippen LogP contribution in [0.5, 0.6) is 0 Å². The summed E-state index contributed by atoms with van der Waals surface area (Å²) >= 11 is 0. The second-order valence-corrected chi connectivity index (χ2v) is 8.91. The predicted molar refractivity (Wildman–Crippen MR) is 125 cm³/mol. The summed E-state index contributed by atoms with van der Waals surface area (Å²) in [6.07, 6.45) is 7.46. The summed E-state index contributed by atoms with van der Waals surface area (Å²) < 4.78 is 2.18. The maximum Gasteiger partial charge on any atom is 0.0991 e. The molecule has 1 aromatic heterocycles. The van der Waals surface area contributed by atoms with Crippen LogP contribution in [0.15, 0.2) is 61.1 Å². The Kier molecular flexibility index (Phi) is 6.69. The van der Waals surface area contributed by atoms with Crippen molar-refractivity contribution in [2.45, 2.75) is 39.2 Å². The van der Waals surface area contributed by atoms with Gasteiger partial charge in [0.05, 0.1) is 29.4 Å². The fraction of sp³-hybridized carbons (Fsp3) is 0.370. The van der Waals surface area contributed by atoms with Crippen LogP contribution in [-0.4, -0.2) is 34.1 Å². The maximum atomic E-state index is 9.97. The van der Waals surface area contributed by atoms with Gasteiger partial charge in [0.25, 0.3) is 0 Å². The second-order valence-electron chi connectivity index (χ2n) is 8.91. The van der Waals surface area contributed by atoms with E-state index in [1.165, 1.54) is 16.8 Å². The van der Waals surface area contributed by atoms with E-state index < -0.39 is 0 Å². The lowest BCUT2D eigenvalue weighted by molar-refractivity contribution is 0.145. The number of hydrogen-bond acceptors (Lipinski definition) is 4. The number of benzene rings is 2. The molecule has 0 atom stereocenters. The topological polar surface area (TPSA) is 68.6 Å². The molecule has 4 rings (SSSR count). The summed E-state index contributed by atoms with van der Waals surface area (Å²) in [4.78, 5) is 6.83. The minimum atomic E-state index is -0.250. The Balaban J connectivity index is 1.32. The van der Waals surface area contributed by atoms with E-state index in [0.717, 1.165) is 57.4 Å². The summed E-state index contributed by atoms with van der Waals surface area (Å²) in [7, 11) is 0. The molecule has 0 spiro atoms. The average molecular weight is 424 g/mol. The second kappa shape index (κ2) is 9.81. The molecular formula is C27H29N5. The molecular weight excluding hydrogens is 394 g/mol. The van der Waals surface area contributed by atoms with Gasteiger partial charge in [-0.2, -0.15) is 10.5 Å². The molecule has 3 aromatic rings. The van der Waals surface area contributed by atoms with Crippen LogP contribution in [0.2, 0.25) is 0 Å². The van der Waals surface area contributed by atoms with Crippen molar-refractivity contribution >= 4 is 0 Å². The molecule has 1 fully saturated rings. The van der Waals surface area contributed by atoms with E-state index in [9.17, 15) is 5.26 Å². The predicted octanol–water partition coefficient (Wildman–Crippen LogP) is 4.50. The van der Waals surface area contributed by atoms with Gasteiger partial charge < -0.3 is 9.47 Å². The third kappa shape index (κ3) is 5.07. The third-order valence-corrected chi connectivity index (χ3v) is 6.76. The Hall–Kier alpha value is -3.41. The van der Waals surface area contributed by atoms with Gasteiger partial charge in [-0.15, -0.1) is 0 Å². The van der Waals surface area contributed by atoms with Gasteiger partial charge in [0.15, 0.2) is 0 Å². The number of nitriles is 2. The summed E-state index contributed by atoms with van der Waals surface area (Å²) in [6, 6.07) is 21.0. The van der Waals surface area contributed by atoms with Crippen LogP contribution in [-0.2, 0) is 19.4 Å². The number of aromatic nitrogens is 2. The lowest BCUT2D eigenvalue weighted by Gasteiger charge is -2.37. The molecule has 1 aliphatic rings. The fourth-order valence-electron chi connectivity index (χ4n) is 4.56. The van der Waals surface area contributed by atoms with E-state index in [0.29, 0.717) is 5.56 Å². The number of nitrogens with zero attached hydrogens (tertiary/aromatic N) is 5. The first-order chi connectivity index (χ1) is 15.6. The largest absolute Gasteiger partial charge is 0.330 e. The average Bonchev–Trinajstić information content (AvgIpc) is 3.27. The zero-order chi connectivity index (χ0) is 22.4. The molecule has 0 amide bonds. The van der Waals surface area contributed by atoms with Gasteiger partial charge in [0, 0.05) is 31.4 Å². The van der Waals surface area contributed by atoms with E-state index in [-0.39, 0.29) is 5.41 Å². The highest BCUT2D eigenvalue weighted by atomic mass is 15.1. The molecule has 0 bridgehead atoms. The zero-order valence-corrected chi connectivity index (χ0v) is 18.7. The molecule has 2 heterocycles. The summed E-state index contributed by atoms with van der Waals surface area (Å²) in [6.45, 7) is 5.79. The van der Waals surface area contributed by atoms with Gasteiger partial charge in [0.1, 0.15) is 0 Å². The lowest BCUT2D eigenvalue weighted by Crippen LogP contribution is -2.41. The SMILES string of the molecule is Cc1ccccc1CC1(C#N)CCN(CCc2cncn2Cc2ccc(C#N)cc2)CC1. The Morgan fingerprint density at radius 2 is 1.78 bits per heavy atom. The summed E-state index contributed by atoms with van der Waals surface area (Å²) in [5.41, 5.74) is 5.39. The lowest BCUT2D eigenvalue weighted by atomic mass is 9.74. The molecule has 32 heavy (non-hydrogen) atoms. The number of likely N-dealkylation sites (tertiary alicyclic amines) is 1. The Bertz CT molecular complexity index is 1120. The van der Waals surface area contributed by atoms with Crippen molar-refractivity contribution in [3.05, 3.63) is 89.0 Å². The Labute approximate surface area is 190 Å². The van der Waals surface area contributed by atoms with Crippen molar-refractivity contribution < 1.29 is 0 Å². The molecule has 0 N–H and O–H groups in total. The van der Waals surface area contributed by atoms with E-state index in [1.807, 2.05) is 36.8 Å².